The molecule has 2 unspecified atom stereocenters. The number of benzene rings is 2. The van der Waals surface area contributed by atoms with Crippen molar-refractivity contribution in [2.75, 3.05) is 7.11 Å². The van der Waals surface area contributed by atoms with Gasteiger partial charge in [0, 0.05) is 10.6 Å². The molecule has 112 valence electrons. The Morgan fingerprint density at radius 3 is 2.29 bits per heavy atom. The minimum absolute atomic E-state index is 0.246. The molecule has 0 amide bonds. The van der Waals surface area contributed by atoms with Crippen LogP contribution in [0.3, 0.4) is 0 Å². The molecule has 0 spiro atoms. The number of nitrogens with two attached hydrogens (primary N) is 1. The van der Waals surface area contributed by atoms with Gasteiger partial charge in [0.1, 0.15) is 5.75 Å². The predicted molar refractivity (Wildman–Crippen MR) is 89.2 cm³/mol. The van der Waals surface area contributed by atoms with Gasteiger partial charge in [0.05, 0.1) is 13.2 Å². The second kappa shape index (κ2) is 6.97. The maximum atomic E-state index is 6.38. The molecule has 0 aliphatic rings. The first-order chi connectivity index (χ1) is 10.1. The van der Waals surface area contributed by atoms with Gasteiger partial charge in [-0.3, -0.25) is 0 Å². The van der Waals surface area contributed by atoms with Crippen LogP contribution in [0.5, 0.6) is 5.75 Å². The van der Waals surface area contributed by atoms with E-state index in [1.807, 2.05) is 18.2 Å². The van der Waals surface area contributed by atoms with E-state index in [2.05, 4.69) is 38.1 Å². The van der Waals surface area contributed by atoms with E-state index < -0.39 is 0 Å². The molecule has 0 aliphatic heterocycles. The van der Waals surface area contributed by atoms with Crippen molar-refractivity contribution in [2.45, 2.75) is 32.2 Å². The van der Waals surface area contributed by atoms with Crippen LogP contribution in [0.2, 0.25) is 5.02 Å². The van der Waals surface area contributed by atoms with E-state index >= 15 is 0 Å². The van der Waals surface area contributed by atoms with Crippen molar-refractivity contribution in [3.05, 3.63) is 64.2 Å². The molecule has 0 saturated heterocycles. The van der Waals surface area contributed by atoms with Crippen molar-refractivity contribution in [1.29, 1.82) is 0 Å². The monoisotopic (exact) mass is 303 g/mol. The number of rotatable bonds is 5. The molecule has 0 aliphatic carbocycles. The molecular weight excluding hydrogens is 282 g/mol. The van der Waals surface area contributed by atoms with Crippen molar-refractivity contribution in [3.8, 4) is 5.75 Å². The fourth-order valence-corrected chi connectivity index (χ4v) is 2.58. The normalized spacial score (nSPS) is 13.8. The molecule has 0 radical (unpaired) electrons. The Morgan fingerprint density at radius 1 is 1.10 bits per heavy atom. The van der Waals surface area contributed by atoms with Gasteiger partial charge >= 0.3 is 0 Å². The van der Waals surface area contributed by atoms with E-state index in [9.17, 15) is 0 Å². The number of ether oxygens (including phenoxy) is 1. The summed E-state index contributed by atoms with van der Waals surface area (Å²) in [7, 11) is 1.64. The Morgan fingerprint density at radius 2 is 1.71 bits per heavy atom. The summed E-state index contributed by atoms with van der Waals surface area (Å²) in [4.78, 5) is 0. The SMILES string of the molecule is CCC(C)c1ccc(C(N)c2cc(Cl)ccc2OC)cc1. The van der Waals surface area contributed by atoms with E-state index in [0.29, 0.717) is 10.9 Å². The van der Waals surface area contributed by atoms with E-state index in [-0.39, 0.29) is 6.04 Å². The smallest absolute Gasteiger partial charge is 0.124 e. The van der Waals surface area contributed by atoms with Crippen LogP contribution in [-0.2, 0) is 0 Å². The van der Waals surface area contributed by atoms with Gasteiger partial charge in [-0.05, 0) is 41.7 Å². The molecule has 2 N–H and O–H groups in total. The van der Waals surface area contributed by atoms with Gasteiger partial charge in [-0.2, -0.15) is 0 Å². The summed E-state index contributed by atoms with van der Waals surface area (Å²) in [6.07, 6.45) is 1.13. The maximum Gasteiger partial charge on any atom is 0.124 e. The summed E-state index contributed by atoms with van der Waals surface area (Å²) in [5.41, 5.74) is 9.68. The van der Waals surface area contributed by atoms with E-state index in [4.69, 9.17) is 22.1 Å². The summed E-state index contributed by atoms with van der Waals surface area (Å²) < 4.78 is 5.38. The molecule has 2 nitrogen and oxygen atoms in total. The molecular formula is C18H22ClNO. The Labute approximate surface area is 131 Å². The highest BCUT2D eigenvalue weighted by Crippen LogP contribution is 2.31. The van der Waals surface area contributed by atoms with Crippen LogP contribution < -0.4 is 10.5 Å². The quantitative estimate of drug-likeness (QED) is 0.851. The third-order valence-electron chi connectivity index (χ3n) is 4.00. The van der Waals surface area contributed by atoms with Crippen LogP contribution in [0.25, 0.3) is 0 Å². The molecule has 0 fully saturated rings. The van der Waals surface area contributed by atoms with Gasteiger partial charge in [0.25, 0.3) is 0 Å². The lowest BCUT2D eigenvalue weighted by molar-refractivity contribution is 0.408. The predicted octanol–water partition coefficient (Wildman–Crippen LogP) is 4.91. The maximum absolute atomic E-state index is 6.38. The van der Waals surface area contributed by atoms with Crippen molar-refractivity contribution < 1.29 is 4.74 Å². The van der Waals surface area contributed by atoms with Gasteiger partial charge in [-0.15, -0.1) is 0 Å². The lowest BCUT2D eigenvalue weighted by Crippen LogP contribution is -2.13. The van der Waals surface area contributed by atoms with Gasteiger partial charge in [0.2, 0.25) is 0 Å². The average molecular weight is 304 g/mol. The zero-order chi connectivity index (χ0) is 15.4. The molecule has 0 bridgehead atoms. The lowest BCUT2D eigenvalue weighted by Gasteiger charge is -2.17. The van der Waals surface area contributed by atoms with Gasteiger partial charge < -0.3 is 10.5 Å². The second-order valence-corrected chi connectivity index (χ2v) is 5.78. The molecule has 0 heterocycles. The van der Waals surface area contributed by atoms with Crippen molar-refractivity contribution >= 4 is 11.6 Å². The van der Waals surface area contributed by atoms with Crippen LogP contribution in [0.1, 0.15) is 48.9 Å². The molecule has 0 aromatic heterocycles. The van der Waals surface area contributed by atoms with Crippen LogP contribution in [-0.4, -0.2) is 7.11 Å². The molecule has 2 atom stereocenters. The van der Waals surface area contributed by atoms with Gasteiger partial charge in [-0.1, -0.05) is 49.7 Å². The number of hydrogen-bond acceptors (Lipinski definition) is 2. The molecule has 2 rings (SSSR count). The molecule has 2 aromatic rings. The lowest BCUT2D eigenvalue weighted by atomic mass is 9.94. The molecule has 21 heavy (non-hydrogen) atoms. The fourth-order valence-electron chi connectivity index (χ4n) is 2.40. The molecule has 3 heteroatoms. The standard InChI is InChI=1S/C18H22ClNO/c1-4-12(2)13-5-7-14(8-6-13)18(20)16-11-15(19)9-10-17(16)21-3/h5-12,18H,4,20H2,1-3H3. The number of halogens is 1. The van der Waals surface area contributed by atoms with Crippen LogP contribution in [0.15, 0.2) is 42.5 Å². The van der Waals surface area contributed by atoms with Gasteiger partial charge in [0.15, 0.2) is 0 Å². The third-order valence-corrected chi connectivity index (χ3v) is 4.24. The Balaban J connectivity index is 2.31. The third kappa shape index (κ3) is 3.58. The zero-order valence-electron chi connectivity index (χ0n) is 12.8. The minimum Gasteiger partial charge on any atom is -0.496 e. The summed E-state index contributed by atoms with van der Waals surface area (Å²) >= 11 is 6.08. The summed E-state index contributed by atoms with van der Waals surface area (Å²) in [6, 6.07) is 13.8. The minimum atomic E-state index is -0.246. The van der Waals surface area contributed by atoms with E-state index in [0.717, 1.165) is 23.3 Å². The Hall–Kier alpha value is -1.51. The molecule has 0 saturated carbocycles. The Bertz CT molecular complexity index is 595. The number of methoxy groups -OCH3 is 1. The van der Waals surface area contributed by atoms with Crippen molar-refractivity contribution in [1.82, 2.24) is 0 Å². The van der Waals surface area contributed by atoms with Crippen LogP contribution in [0, 0.1) is 0 Å². The Kier molecular flexibility index (Phi) is 5.27. The topological polar surface area (TPSA) is 35.2 Å². The highest BCUT2D eigenvalue weighted by atomic mass is 35.5. The number of hydrogen-bond donors (Lipinski definition) is 1. The van der Waals surface area contributed by atoms with Crippen LogP contribution in [0.4, 0.5) is 0 Å². The fraction of sp³-hybridized carbons (Fsp3) is 0.333. The summed E-state index contributed by atoms with van der Waals surface area (Å²) in [5.74, 6) is 1.33. The van der Waals surface area contributed by atoms with Gasteiger partial charge in [-0.25, -0.2) is 0 Å². The zero-order valence-corrected chi connectivity index (χ0v) is 13.5. The first kappa shape index (κ1) is 15.9. The highest BCUT2D eigenvalue weighted by molar-refractivity contribution is 6.30. The van der Waals surface area contributed by atoms with E-state index in [1.165, 1.54) is 5.56 Å². The first-order valence-corrected chi connectivity index (χ1v) is 7.63. The summed E-state index contributed by atoms with van der Waals surface area (Å²) in [5, 5.41) is 0.664. The van der Waals surface area contributed by atoms with E-state index in [1.54, 1.807) is 7.11 Å². The highest BCUT2D eigenvalue weighted by Gasteiger charge is 2.15. The van der Waals surface area contributed by atoms with Crippen LogP contribution >= 0.6 is 11.6 Å². The molecule has 2 aromatic carbocycles. The summed E-state index contributed by atoms with van der Waals surface area (Å²) in [6.45, 7) is 4.43. The van der Waals surface area contributed by atoms with Crippen molar-refractivity contribution in [3.63, 3.8) is 0 Å². The largest absolute Gasteiger partial charge is 0.496 e. The van der Waals surface area contributed by atoms with Crippen molar-refractivity contribution in [2.24, 2.45) is 5.73 Å². The average Bonchev–Trinajstić information content (AvgIpc) is 2.53. The second-order valence-electron chi connectivity index (χ2n) is 5.34. The first-order valence-electron chi connectivity index (χ1n) is 7.25.